The standard InChI is InChI=1S/C13H16ClFO2/c14-11-4-1-3-10(12(11)15)7-13(8-16)5-2-6-17-9-13/h1,3-4,16H,2,5-9H2. The summed E-state index contributed by atoms with van der Waals surface area (Å²) in [6, 6.07) is 4.98. The van der Waals surface area contributed by atoms with Crippen molar-refractivity contribution in [1.29, 1.82) is 0 Å². The van der Waals surface area contributed by atoms with E-state index in [1.54, 1.807) is 12.1 Å². The number of aliphatic hydroxyl groups is 1. The predicted octanol–water partition coefficient (Wildman–Crippen LogP) is 2.81. The van der Waals surface area contributed by atoms with Crippen LogP contribution in [0.15, 0.2) is 18.2 Å². The smallest absolute Gasteiger partial charge is 0.144 e. The van der Waals surface area contributed by atoms with E-state index in [0.29, 0.717) is 18.6 Å². The Kier molecular flexibility index (Phi) is 4.02. The van der Waals surface area contributed by atoms with E-state index in [0.717, 1.165) is 19.4 Å². The van der Waals surface area contributed by atoms with E-state index < -0.39 is 0 Å². The van der Waals surface area contributed by atoms with E-state index in [-0.39, 0.29) is 22.9 Å². The first-order chi connectivity index (χ1) is 8.17. The molecule has 1 aromatic rings. The third kappa shape index (κ3) is 2.79. The van der Waals surface area contributed by atoms with E-state index in [1.807, 2.05) is 0 Å². The molecule has 17 heavy (non-hydrogen) atoms. The van der Waals surface area contributed by atoms with Crippen molar-refractivity contribution in [3.8, 4) is 0 Å². The minimum atomic E-state index is -0.382. The van der Waals surface area contributed by atoms with Crippen LogP contribution in [-0.2, 0) is 11.2 Å². The Bertz CT molecular complexity index is 389. The van der Waals surface area contributed by atoms with Crippen LogP contribution in [0.4, 0.5) is 4.39 Å². The van der Waals surface area contributed by atoms with E-state index in [4.69, 9.17) is 16.3 Å². The van der Waals surface area contributed by atoms with E-state index in [2.05, 4.69) is 0 Å². The van der Waals surface area contributed by atoms with Crippen molar-refractivity contribution >= 4 is 11.6 Å². The van der Waals surface area contributed by atoms with Crippen molar-refractivity contribution in [2.75, 3.05) is 19.8 Å². The van der Waals surface area contributed by atoms with Gasteiger partial charge in [-0.05, 0) is 30.9 Å². The van der Waals surface area contributed by atoms with Crippen LogP contribution in [0.5, 0.6) is 0 Å². The summed E-state index contributed by atoms with van der Waals surface area (Å²) in [5.41, 5.74) is 0.195. The van der Waals surface area contributed by atoms with Crippen molar-refractivity contribution in [3.05, 3.63) is 34.6 Å². The third-order valence-electron chi connectivity index (χ3n) is 3.34. The fourth-order valence-electron chi connectivity index (χ4n) is 2.32. The molecule has 1 heterocycles. The van der Waals surface area contributed by atoms with Gasteiger partial charge in [-0.1, -0.05) is 23.7 Å². The first-order valence-corrected chi connectivity index (χ1v) is 6.16. The lowest BCUT2D eigenvalue weighted by Crippen LogP contribution is -2.37. The van der Waals surface area contributed by atoms with Crippen molar-refractivity contribution in [3.63, 3.8) is 0 Å². The van der Waals surface area contributed by atoms with Crippen LogP contribution < -0.4 is 0 Å². The molecule has 0 radical (unpaired) electrons. The number of benzene rings is 1. The van der Waals surface area contributed by atoms with Crippen LogP contribution in [-0.4, -0.2) is 24.9 Å². The van der Waals surface area contributed by atoms with Gasteiger partial charge in [-0.3, -0.25) is 0 Å². The minimum absolute atomic E-state index is 0.0129. The molecular formula is C13H16ClFO2. The lowest BCUT2D eigenvalue weighted by molar-refractivity contribution is -0.0382. The maximum Gasteiger partial charge on any atom is 0.144 e. The number of rotatable bonds is 3. The molecule has 1 aromatic carbocycles. The van der Waals surface area contributed by atoms with Crippen molar-refractivity contribution < 1.29 is 14.2 Å². The van der Waals surface area contributed by atoms with Crippen LogP contribution >= 0.6 is 11.6 Å². The van der Waals surface area contributed by atoms with Gasteiger partial charge in [0.05, 0.1) is 18.2 Å². The predicted molar refractivity (Wildman–Crippen MR) is 64.7 cm³/mol. The molecule has 0 saturated carbocycles. The number of aliphatic hydroxyl groups excluding tert-OH is 1. The summed E-state index contributed by atoms with van der Waals surface area (Å²) in [6.45, 7) is 1.22. The molecular weight excluding hydrogens is 243 g/mol. The summed E-state index contributed by atoms with van der Waals surface area (Å²) in [4.78, 5) is 0. The zero-order valence-corrected chi connectivity index (χ0v) is 10.3. The van der Waals surface area contributed by atoms with E-state index >= 15 is 0 Å². The number of hydrogen-bond donors (Lipinski definition) is 1. The molecule has 2 rings (SSSR count). The Morgan fingerprint density at radius 3 is 2.94 bits per heavy atom. The van der Waals surface area contributed by atoms with Gasteiger partial charge >= 0.3 is 0 Å². The van der Waals surface area contributed by atoms with Gasteiger partial charge < -0.3 is 9.84 Å². The molecule has 1 fully saturated rings. The first-order valence-electron chi connectivity index (χ1n) is 5.78. The summed E-state index contributed by atoms with van der Waals surface area (Å²) in [6.07, 6.45) is 2.23. The van der Waals surface area contributed by atoms with Crippen LogP contribution in [0, 0.1) is 11.2 Å². The molecule has 1 aliphatic heterocycles. The monoisotopic (exact) mass is 258 g/mol. The Hall–Kier alpha value is -0.640. The van der Waals surface area contributed by atoms with Gasteiger partial charge in [0.15, 0.2) is 0 Å². The maximum absolute atomic E-state index is 13.8. The number of hydrogen-bond acceptors (Lipinski definition) is 2. The zero-order valence-electron chi connectivity index (χ0n) is 9.59. The second kappa shape index (κ2) is 5.34. The molecule has 4 heteroatoms. The minimum Gasteiger partial charge on any atom is -0.396 e. The van der Waals surface area contributed by atoms with Gasteiger partial charge in [0.1, 0.15) is 5.82 Å². The molecule has 1 N–H and O–H groups in total. The SMILES string of the molecule is OCC1(Cc2cccc(Cl)c2F)CCCOC1. The quantitative estimate of drug-likeness (QED) is 0.903. The summed E-state index contributed by atoms with van der Waals surface area (Å²) in [7, 11) is 0. The van der Waals surface area contributed by atoms with Gasteiger partial charge in [-0.2, -0.15) is 0 Å². The average molecular weight is 259 g/mol. The molecule has 0 aliphatic carbocycles. The van der Waals surface area contributed by atoms with Crippen LogP contribution in [0.2, 0.25) is 5.02 Å². The molecule has 2 nitrogen and oxygen atoms in total. The second-order valence-electron chi connectivity index (χ2n) is 4.70. The van der Waals surface area contributed by atoms with Gasteiger partial charge in [0, 0.05) is 12.0 Å². The molecule has 1 atom stereocenters. The largest absolute Gasteiger partial charge is 0.396 e. The maximum atomic E-state index is 13.8. The Labute approximate surface area is 105 Å². The van der Waals surface area contributed by atoms with Gasteiger partial charge in [0.25, 0.3) is 0 Å². The molecule has 0 aromatic heterocycles. The lowest BCUT2D eigenvalue weighted by atomic mass is 9.78. The molecule has 94 valence electrons. The fourth-order valence-corrected chi connectivity index (χ4v) is 2.51. The normalized spacial score (nSPS) is 24.9. The highest BCUT2D eigenvalue weighted by molar-refractivity contribution is 6.30. The van der Waals surface area contributed by atoms with Crippen molar-refractivity contribution in [1.82, 2.24) is 0 Å². The van der Waals surface area contributed by atoms with Crippen LogP contribution in [0.3, 0.4) is 0 Å². The molecule has 0 spiro atoms. The Morgan fingerprint density at radius 1 is 1.47 bits per heavy atom. The van der Waals surface area contributed by atoms with Crippen LogP contribution in [0.25, 0.3) is 0 Å². The zero-order chi connectivity index (χ0) is 12.3. The van der Waals surface area contributed by atoms with Gasteiger partial charge in [0.2, 0.25) is 0 Å². The highest BCUT2D eigenvalue weighted by Crippen LogP contribution is 2.33. The van der Waals surface area contributed by atoms with E-state index in [9.17, 15) is 9.50 Å². The van der Waals surface area contributed by atoms with Crippen molar-refractivity contribution in [2.24, 2.45) is 5.41 Å². The van der Waals surface area contributed by atoms with Gasteiger partial charge in [-0.25, -0.2) is 4.39 Å². The third-order valence-corrected chi connectivity index (χ3v) is 3.63. The van der Waals surface area contributed by atoms with E-state index in [1.165, 1.54) is 6.07 Å². The Balaban J connectivity index is 2.20. The fraction of sp³-hybridized carbons (Fsp3) is 0.538. The first kappa shape index (κ1) is 12.8. The highest BCUT2D eigenvalue weighted by Gasteiger charge is 2.33. The summed E-state index contributed by atoms with van der Waals surface area (Å²) in [5.74, 6) is -0.382. The number of halogens is 2. The van der Waals surface area contributed by atoms with Crippen molar-refractivity contribution in [2.45, 2.75) is 19.3 Å². The summed E-state index contributed by atoms with van der Waals surface area (Å²) in [5, 5.41) is 9.66. The molecule has 0 amide bonds. The molecule has 1 saturated heterocycles. The molecule has 0 bridgehead atoms. The summed E-state index contributed by atoms with van der Waals surface area (Å²) < 4.78 is 19.2. The topological polar surface area (TPSA) is 29.5 Å². The van der Waals surface area contributed by atoms with Gasteiger partial charge in [-0.15, -0.1) is 0 Å². The molecule has 1 unspecified atom stereocenters. The number of ether oxygens (including phenoxy) is 1. The Morgan fingerprint density at radius 2 is 2.29 bits per heavy atom. The lowest BCUT2D eigenvalue weighted by Gasteiger charge is -2.35. The molecule has 1 aliphatic rings. The summed E-state index contributed by atoms with van der Waals surface area (Å²) >= 11 is 5.75. The average Bonchev–Trinajstić information content (AvgIpc) is 2.36. The van der Waals surface area contributed by atoms with Crippen LogP contribution in [0.1, 0.15) is 18.4 Å². The second-order valence-corrected chi connectivity index (χ2v) is 5.11. The highest BCUT2D eigenvalue weighted by atomic mass is 35.5.